The van der Waals surface area contributed by atoms with Crippen molar-refractivity contribution >= 4 is 28.9 Å². The van der Waals surface area contributed by atoms with E-state index in [0.29, 0.717) is 0 Å². The van der Waals surface area contributed by atoms with Crippen molar-refractivity contribution in [2.75, 3.05) is 0 Å². The maximum atomic E-state index is 10.5. The molecule has 1 rings (SSSR count). The summed E-state index contributed by atoms with van der Waals surface area (Å²) in [5, 5.41) is 0. The third-order valence-corrected chi connectivity index (χ3v) is 1.98. The van der Waals surface area contributed by atoms with Crippen LogP contribution in [-0.4, -0.2) is 24.3 Å². The molecular weight excluding hydrogens is 271 g/mol. The van der Waals surface area contributed by atoms with Crippen molar-refractivity contribution in [1.29, 1.82) is 0 Å². The molecule has 0 aromatic heterocycles. The number of hydrogen-bond donors (Lipinski definition) is 0. The topological polar surface area (TPSA) is 35.5 Å². The summed E-state index contributed by atoms with van der Waals surface area (Å²) in [7, 11) is 0. The molecular formula is C8H11IO3. The Bertz CT molecular complexity index is 200. The molecule has 0 aromatic rings. The van der Waals surface area contributed by atoms with Crippen molar-refractivity contribution in [2.45, 2.75) is 31.8 Å². The molecule has 1 heterocycles. The Labute approximate surface area is 85.2 Å². The third kappa shape index (κ3) is 2.27. The molecule has 0 aliphatic carbocycles. The first-order chi connectivity index (χ1) is 5.59. The Balaban J connectivity index is 2.69. The minimum absolute atomic E-state index is 0.241. The number of aldehydes is 1. The van der Waals surface area contributed by atoms with E-state index in [1.54, 1.807) is 13.8 Å². The van der Waals surface area contributed by atoms with E-state index in [0.717, 1.165) is 6.29 Å². The first-order valence-electron chi connectivity index (χ1n) is 3.67. The Kier molecular flexibility index (Phi) is 3.25. The molecule has 0 unspecified atom stereocenters. The molecule has 3 nitrogen and oxygen atoms in total. The fourth-order valence-electron chi connectivity index (χ4n) is 1.14. The van der Waals surface area contributed by atoms with Gasteiger partial charge in [-0.15, -0.1) is 0 Å². The van der Waals surface area contributed by atoms with Gasteiger partial charge in [-0.25, -0.2) is 0 Å². The van der Waals surface area contributed by atoms with E-state index in [9.17, 15) is 4.79 Å². The first-order valence-corrected chi connectivity index (χ1v) is 4.91. The summed E-state index contributed by atoms with van der Waals surface area (Å²) in [5.41, 5.74) is 0. The van der Waals surface area contributed by atoms with Gasteiger partial charge in [0.2, 0.25) is 0 Å². The van der Waals surface area contributed by atoms with Gasteiger partial charge in [0.15, 0.2) is 12.1 Å². The van der Waals surface area contributed by atoms with Gasteiger partial charge in [-0.05, 0) is 24.0 Å². The van der Waals surface area contributed by atoms with Gasteiger partial charge in [0.25, 0.3) is 0 Å². The number of ether oxygens (including phenoxy) is 2. The minimum Gasteiger partial charge on any atom is -0.340 e. The van der Waals surface area contributed by atoms with E-state index in [1.165, 1.54) is 0 Å². The standard InChI is InChI=1S/C8H11IO3/c1-8(2)11-6(3-4-9)7(5-10)12-8/h3-7H,1-2H3/b4-3+/t6-,7-/m1/s1. The lowest BCUT2D eigenvalue weighted by Gasteiger charge is -2.15. The number of rotatable bonds is 2. The fourth-order valence-corrected chi connectivity index (χ4v) is 1.55. The van der Waals surface area contributed by atoms with Gasteiger partial charge in [0.1, 0.15) is 12.2 Å². The monoisotopic (exact) mass is 282 g/mol. The van der Waals surface area contributed by atoms with Crippen LogP contribution >= 0.6 is 22.6 Å². The summed E-state index contributed by atoms with van der Waals surface area (Å²) in [6.45, 7) is 3.59. The van der Waals surface area contributed by atoms with Gasteiger partial charge in [-0.1, -0.05) is 22.6 Å². The molecule has 1 saturated heterocycles. The van der Waals surface area contributed by atoms with Gasteiger partial charge < -0.3 is 14.3 Å². The van der Waals surface area contributed by atoms with E-state index in [-0.39, 0.29) is 6.10 Å². The van der Waals surface area contributed by atoms with Crippen LogP contribution in [0, 0.1) is 0 Å². The van der Waals surface area contributed by atoms with E-state index in [1.807, 2.05) is 10.2 Å². The largest absolute Gasteiger partial charge is 0.340 e. The molecule has 0 spiro atoms. The van der Waals surface area contributed by atoms with E-state index in [2.05, 4.69) is 22.6 Å². The van der Waals surface area contributed by atoms with Crippen molar-refractivity contribution < 1.29 is 14.3 Å². The summed E-state index contributed by atoms with van der Waals surface area (Å²) in [6.07, 6.45) is 1.88. The number of carbonyl (C=O) groups is 1. The molecule has 12 heavy (non-hydrogen) atoms. The zero-order valence-electron chi connectivity index (χ0n) is 6.99. The van der Waals surface area contributed by atoms with Crippen LogP contribution in [0.4, 0.5) is 0 Å². The van der Waals surface area contributed by atoms with Crippen LogP contribution in [0.25, 0.3) is 0 Å². The molecule has 0 radical (unpaired) electrons. The molecule has 68 valence electrons. The van der Waals surface area contributed by atoms with Crippen molar-refractivity contribution in [3.8, 4) is 0 Å². The second kappa shape index (κ2) is 3.85. The predicted octanol–water partition coefficient (Wildman–Crippen LogP) is 1.65. The van der Waals surface area contributed by atoms with Crippen molar-refractivity contribution in [1.82, 2.24) is 0 Å². The maximum absolute atomic E-state index is 10.5. The smallest absolute Gasteiger partial charge is 0.164 e. The molecule has 0 aromatic carbocycles. The highest BCUT2D eigenvalue weighted by Gasteiger charge is 2.39. The van der Waals surface area contributed by atoms with Crippen molar-refractivity contribution in [3.05, 3.63) is 10.2 Å². The quantitative estimate of drug-likeness (QED) is 0.570. The summed E-state index contributed by atoms with van der Waals surface area (Å²) in [5.74, 6) is -0.646. The lowest BCUT2D eigenvalue weighted by atomic mass is 10.2. The lowest BCUT2D eigenvalue weighted by molar-refractivity contribution is -0.148. The second-order valence-corrected chi connectivity index (χ2v) is 3.74. The normalized spacial score (nSPS) is 34.2. The van der Waals surface area contributed by atoms with Crippen LogP contribution in [0.1, 0.15) is 13.8 Å². The molecule has 0 N–H and O–H groups in total. The minimum atomic E-state index is -0.646. The van der Waals surface area contributed by atoms with Crippen LogP contribution in [0.3, 0.4) is 0 Å². The fraction of sp³-hybridized carbons (Fsp3) is 0.625. The predicted molar refractivity (Wildman–Crippen MR) is 53.0 cm³/mol. The SMILES string of the molecule is CC1(C)O[C@H](C=O)[C@@H](/C=C/I)O1. The summed E-state index contributed by atoms with van der Waals surface area (Å²) in [4.78, 5) is 10.5. The summed E-state index contributed by atoms with van der Waals surface area (Å²) < 4.78 is 12.6. The average Bonchev–Trinajstić information content (AvgIpc) is 2.26. The van der Waals surface area contributed by atoms with Gasteiger partial charge in [0, 0.05) is 0 Å². The third-order valence-electron chi connectivity index (χ3n) is 1.56. The molecule has 0 saturated carbocycles. The number of carbonyl (C=O) groups excluding carboxylic acids is 1. The van der Waals surface area contributed by atoms with E-state index >= 15 is 0 Å². The highest BCUT2D eigenvalue weighted by Crippen LogP contribution is 2.27. The number of halogens is 1. The van der Waals surface area contributed by atoms with Crippen LogP contribution in [0.5, 0.6) is 0 Å². The first kappa shape index (κ1) is 10.1. The molecule has 4 heteroatoms. The van der Waals surface area contributed by atoms with E-state index in [4.69, 9.17) is 9.47 Å². The average molecular weight is 282 g/mol. The molecule has 0 bridgehead atoms. The maximum Gasteiger partial charge on any atom is 0.164 e. The highest BCUT2D eigenvalue weighted by molar-refractivity contribution is 14.1. The molecule has 1 aliphatic rings. The Morgan fingerprint density at radius 2 is 1.92 bits per heavy atom. The van der Waals surface area contributed by atoms with Gasteiger partial charge in [0.05, 0.1) is 0 Å². The molecule has 1 fully saturated rings. The van der Waals surface area contributed by atoms with Crippen LogP contribution < -0.4 is 0 Å². The summed E-state index contributed by atoms with van der Waals surface area (Å²) >= 11 is 2.08. The van der Waals surface area contributed by atoms with Crippen molar-refractivity contribution in [2.24, 2.45) is 0 Å². The van der Waals surface area contributed by atoms with Crippen LogP contribution in [-0.2, 0) is 14.3 Å². The lowest BCUT2D eigenvalue weighted by Crippen LogP contribution is -2.22. The molecule has 2 atom stereocenters. The van der Waals surface area contributed by atoms with Crippen molar-refractivity contribution in [3.63, 3.8) is 0 Å². The zero-order valence-corrected chi connectivity index (χ0v) is 9.15. The van der Waals surface area contributed by atoms with Crippen LogP contribution in [0.15, 0.2) is 10.2 Å². The Morgan fingerprint density at radius 3 is 2.42 bits per heavy atom. The van der Waals surface area contributed by atoms with Crippen LogP contribution in [0.2, 0.25) is 0 Å². The molecule has 1 aliphatic heterocycles. The number of hydrogen-bond acceptors (Lipinski definition) is 3. The van der Waals surface area contributed by atoms with Gasteiger partial charge in [-0.3, -0.25) is 0 Å². The Morgan fingerprint density at radius 1 is 1.33 bits per heavy atom. The van der Waals surface area contributed by atoms with Gasteiger partial charge in [-0.2, -0.15) is 0 Å². The van der Waals surface area contributed by atoms with Gasteiger partial charge >= 0.3 is 0 Å². The molecule has 0 amide bonds. The van der Waals surface area contributed by atoms with E-state index < -0.39 is 11.9 Å². The second-order valence-electron chi connectivity index (χ2n) is 3.02. The highest BCUT2D eigenvalue weighted by atomic mass is 127. The zero-order chi connectivity index (χ0) is 9.19. The summed E-state index contributed by atoms with van der Waals surface area (Å²) in [6, 6.07) is 0. The Hall–Kier alpha value is 0.0600.